The summed E-state index contributed by atoms with van der Waals surface area (Å²) < 4.78 is 7.28. The highest BCUT2D eigenvalue weighted by molar-refractivity contribution is 6.43. The van der Waals surface area contributed by atoms with Crippen molar-refractivity contribution in [3.63, 3.8) is 0 Å². The number of carbonyl (C=O) groups is 1. The molecule has 2 aromatic rings. The fraction of sp³-hybridized carbons (Fsp3) is 0.286. The van der Waals surface area contributed by atoms with Crippen LogP contribution in [-0.2, 0) is 11.3 Å². The second-order valence-electron chi connectivity index (χ2n) is 4.49. The first kappa shape index (κ1) is 16.9. The molecule has 1 heterocycles. The van der Waals surface area contributed by atoms with Gasteiger partial charge >= 0.3 is 0 Å². The van der Waals surface area contributed by atoms with Gasteiger partial charge in [0.15, 0.2) is 6.61 Å². The van der Waals surface area contributed by atoms with Crippen molar-refractivity contribution >= 4 is 40.7 Å². The van der Waals surface area contributed by atoms with Crippen molar-refractivity contribution in [2.45, 2.75) is 13.0 Å². The zero-order chi connectivity index (χ0) is 15.9. The Bertz CT molecular complexity index is 633. The van der Waals surface area contributed by atoms with Gasteiger partial charge in [-0.25, -0.2) is 4.98 Å². The van der Waals surface area contributed by atoms with Crippen LogP contribution in [0.5, 0.6) is 5.75 Å². The van der Waals surface area contributed by atoms with E-state index in [1.54, 1.807) is 12.5 Å². The molecular formula is C14H14Cl3N3O2. The molecule has 5 nitrogen and oxygen atoms in total. The Morgan fingerprint density at radius 2 is 2.00 bits per heavy atom. The van der Waals surface area contributed by atoms with Crippen LogP contribution in [0.4, 0.5) is 0 Å². The normalized spacial score (nSPS) is 10.5. The van der Waals surface area contributed by atoms with Gasteiger partial charge in [0, 0.05) is 31.5 Å². The van der Waals surface area contributed by atoms with E-state index in [1.807, 2.05) is 10.8 Å². The minimum atomic E-state index is -0.229. The molecule has 0 aliphatic heterocycles. The van der Waals surface area contributed by atoms with E-state index in [4.69, 9.17) is 39.5 Å². The van der Waals surface area contributed by atoms with Crippen molar-refractivity contribution in [2.75, 3.05) is 13.2 Å². The second-order valence-corrected chi connectivity index (χ2v) is 5.71. The molecule has 0 aliphatic rings. The summed E-state index contributed by atoms with van der Waals surface area (Å²) in [6, 6.07) is 2.96. The number of rotatable bonds is 7. The molecule has 0 saturated heterocycles. The van der Waals surface area contributed by atoms with E-state index in [2.05, 4.69) is 10.3 Å². The zero-order valence-electron chi connectivity index (χ0n) is 11.6. The van der Waals surface area contributed by atoms with Crippen LogP contribution in [0.1, 0.15) is 6.42 Å². The molecule has 2 rings (SSSR count). The first-order valence-electron chi connectivity index (χ1n) is 6.56. The van der Waals surface area contributed by atoms with Gasteiger partial charge in [-0.2, -0.15) is 0 Å². The molecule has 0 radical (unpaired) electrons. The van der Waals surface area contributed by atoms with Gasteiger partial charge in [-0.3, -0.25) is 4.79 Å². The van der Waals surface area contributed by atoms with Gasteiger partial charge in [0.1, 0.15) is 5.75 Å². The van der Waals surface area contributed by atoms with Crippen LogP contribution < -0.4 is 10.1 Å². The molecule has 1 N–H and O–H groups in total. The maximum atomic E-state index is 11.7. The van der Waals surface area contributed by atoms with E-state index in [0.29, 0.717) is 27.4 Å². The summed E-state index contributed by atoms with van der Waals surface area (Å²) in [6.07, 6.45) is 6.12. The van der Waals surface area contributed by atoms with Crippen LogP contribution in [0.3, 0.4) is 0 Å². The summed E-state index contributed by atoms with van der Waals surface area (Å²) in [5.41, 5.74) is 0. The van der Waals surface area contributed by atoms with Crippen LogP contribution >= 0.6 is 34.8 Å². The Balaban J connectivity index is 1.70. The van der Waals surface area contributed by atoms with Crippen molar-refractivity contribution in [3.8, 4) is 5.75 Å². The summed E-state index contributed by atoms with van der Waals surface area (Å²) in [5.74, 6) is 0.0948. The molecule has 0 unspecified atom stereocenters. The molecule has 0 aliphatic carbocycles. The molecule has 1 aromatic carbocycles. The molecule has 22 heavy (non-hydrogen) atoms. The van der Waals surface area contributed by atoms with Crippen molar-refractivity contribution < 1.29 is 9.53 Å². The number of nitrogens with zero attached hydrogens (tertiary/aromatic N) is 2. The average Bonchev–Trinajstić information content (AvgIpc) is 2.99. The quantitative estimate of drug-likeness (QED) is 0.606. The van der Waals surface area contributed by atoms with Gasteiger partial charge in [0.25, 0.3) is 5.91 Å². The van der Waals surface area contributed by atoms with E-state index >= 15 is 0 Å². The van der Waals surface area contributed by atoms with E-state index < -0.39 is 0 Å². The van der Waals surface area contributed by atoms with Crippen molar-refractivity contribution in [2.24, 2.45) is 0 Å². The van der Waals surface area contributed by atoms with E-state index in [1.165, 1.54) is 12.1 Å². The summed E-state index contributed by atoms with van der Waals surface area (Å²) in [5, 5.41) is 3.73. The molecular weight excluding hydrogens is 349 g/mol. The third-order valence-electron chi connectivity index (χ3n) is 2.81. The number of amides is 1. The highest BCUT2D eigenvalue weighted by atomic mass is 35.5. The van der Waals surface area contributed by atoms with Crippen LogP contribution in [-0.4, -0.2) is 28.6 Å². The first-order chi connectivity index (χ1) is 10.6. The van der Waals surface area contributed by atoms with E-state index in [9.17, 15) is 4.79 Å². The molecule has 8 heteroatoms. The number of hydrogen-bond acceptors (Lipinski definition) is 3. The van der Waals surface area contributed by atoms with Gasteiger partial charge in [-0.05, 0) is 12.5 Å². The smallest absolute Gasteiger partial charge is 0.257 e. The predicted molar refractivity (Wildman–Crippen MR) is 86.8 cm³/mol. The monoisotopic (exact) mass is 361 g/mol. The second kappa shape index (κ2) is 8.27. The number of halogens is 3. The van der Waals surface area contributed by atoms with Crippen LogP contribution in [0.15, 0.2) is 30.9 Å². The minimum absolute atomic E-state index is 0.136. The Morgan fingerprint density at radius 1 is 1.23 bits per heavy atom. The first-order valence-corrected chi connectivity index (χ1v) is 7.69. The number of hydrogen-bond donors (Lipinski definition) is 1. The Morgan fingerprint density at radius 3 is 2.73 bits per heavy atom. The highest BCUT2D eigenvalue weighted by Gasteiger charge is 2.09. The fourth-order valence-electron chi connectivity index (χ4n) is 1.72. The van der Waals surface area contributed by atoms with Crippen molar-refractivity contribution in [3.05, 3.63) is 45.9 Å². The number of carbonyl (C=O) groups excluding carboxylic acids is 1. The average molecular weight is 363 g/mol. The Hall–Kier alpha value is -1.43. The molecule has 0 bridgehead atoms. The SMILES string of the molecule is O=C(COc1cc(Cl)c(Cl)cc1Cl)NCCCn1ccnc1. The number of benzene rings is 1. The topological polar surface area (TPSA) is 56.1 Å². The zero-order valence-corrected chi connectivity index (χ0v) is 13.8. The third-order valence-corrected chi connectivity index (χ3v) is 3.83. The maximum absolute atomic E-state index is 11.7. The lowest BCUT2D eigenvalue weighted by atomic mass is 10.3. The molecule has 118 valence electrons. The standard InChI is InChI=1S/C14H14Cl3N3O2/c15-10-6-12(17)13(7-11(10)16)22-8-14(21)19-2-1-4-20-5-3-18-9-20/h3,5-7,9H,1-2,4,8H2,(H,19,21). The van der Waals surface area contributed by atoms with Gasteiger partial charge in [-0.15, -0.1) is 0 Å². The van der Waals surface area contributed by atoms with Crippen LogP contribution in [0.2, 0.25) is 15.1 Å². The van der Waals surface area contributed by atoms with E-state index in [0.717, 1.165) is 13.0 Å². The molecule has 1 amide bonds. The Kier molecular flexibility index (Phi) is 6.36. The number of imidazole rings is 1. The Labute approximate surface area is 143 Å². The molecule has 0 atom stereocenters. The summed E-state index contributed by atoms with van der Waals surface area (Å²) in [6.45, 7) is 1.21. The third kappa shape index (κ3) is 5.09. The largest absolute Gasteiger partial charge is 0.482 e. The van der Waals surface area contributed by atoms with Gasteiger partial charge in [0.05, 0.1) is 21.4 Å². The lowest BCUT2D eigenvalue weighted by molar-refractivity contribution is -0.123. The van der Waals surface area contributed by atoms with Crippen molar-refractivity contribution in [1.82, 2.24) is 14.9 Å². The number of aryl methyl sites for hydroxylation is 1. The number of aromatic nitrogens is 2. The highest BCUT2D eigenvalue weighted by Crippen LogP contribution is 2.33. The van der Waals surface area contributed by atoms with Gasteiger partial charge in [0.2, 0.25) is 0 Å². The summed E-state index contributed by atoms with van der Waals surface area (Å²) in [7, 11) is 0. The minimum Gasteiger partial charge on any atom is -0.482 e. The number of ether oxygens (including phenoxy) is 1. The van der Waals surface area contributed by atoms with Gasteiger partial charge in [-0.1, -0.05) is 34.8 Å². The van der Waals surface area contributed by atoms with Gasteiger partial charge < -0.3 is 14.6 Å². The lowest BCUT2D eigenvalue weighted by Gasteiger charge is -2.10. The molecule has 1 aromatic heterocycles. The summed E-state index contributed by atoms with van der Waals surface area (Å²) >= 11 is 17.7. The fourth-order valence-corrected chi connectivity index (χ4v) is 2.31. The molecule has 0 fully saturated rings. The number of nitrogens with one attached hydrogen (secondary N) is 1. The predicted octanol–water partition coefficient (Wildman–Crippen LogP) is 3.43. The van der Waals surface area contributed by atoms with Crippen LogP contribution in [0, 0.1) is 0 Å². The van der Waals surface area contributed by atoms with Crippen LogP contribution in [0.25, 0.3) is 0 Å². The summed E-state index contributed by atoms with van der Waals surface area (Å²) in [4.78, 5) is 15.6. The van der Waals surface area contributed by atoms with E-state index in [-0.39, 0.29) is 12.5 Å². The van der Waals surface area contributed by atoms with Crippen molar-refractivity contribution in [1.29, 1.82) is 0 Å². The molecule has 0 spiro atoms. The molecule has 0 saturated carbocycles. The maximum Gasteiger partial charge on any atom is 0.257 e. The lowest BCUT2D eigenvalue weighted by Crippen LogP contribution is -2.30.